The Morgan fingerprint density at radius 2 is 1.95 bits per heavy atom. The van der Waals surface area contributed by atoms with E-state index in [9.17, 15) is 9.59 Å². The molecule has 0 atom stereocenters. The van der Waals surface area contributed by atoms with Gasteiger partial charge in [-0.2, -0.15) is 0 Å². The summed E-state index contributed by atoms with van der Waals surface area (Å²) in [4.78, 5) is 25.7. The van der Waals surface area contributed by atoms with Crippen LogP contribution in [0.1, 0.15) is 19.8 Å². The third-order valence-corrected chi connectivity index (χ3v) is 3.75. The number of benzene rings is 1. The number of rotatable bonds is 4. The topological polar surface area (TPSA) is 67.9 Å². The number of para-hydroxylation sites is 2. The molecule has 0 aliphatic carbocycles. The number of anilines is 1. The van der Waals surface area contributed by atoms with Crippen LogP contribution in [-0.2, 0) is 9.53 Å². The summed E-state index contributed by atoms with van der Waals surface area (Å²) in [6, 6.07) is 7.10. The van der Waals surface area contributed by atoms with E-state index in [1.807, 2.05) is 12.1 Å². The smallest absolute Gasteiger partial charge is 0.321 e. The molecule has 1 heterocycles. The maximum absolute atomic E-state index is 12.3. The van der Waals surface area contributed by atoms with E-state index < -0.39 is 0 Å². The summed E-state index contributed by atoms with van der Waals surface area (Å²) in [5.74, 6) is 0.361. The number of likely N-dealkylation sites (tertiary alicyclic amines) is 1. The lowest BCUT2D eigenvalue weighted by molar-refractivity contribution is -0.149. The summed E-state index contributed by atoms with van der Waals surface area (Å²) in [6.45, 7) is 3.29. The number of hydrogen-bond acceptors (Lipinski definition) is 4. The minimum Gasteiger partial charge on any atom is -0.495 e. The van der Waals surface area contributed by atoms with Gasteiger partial charge < -0.3 is 19.7 Å². The molecule has 120 valence electrons. The number of carbonyl (C=O) groups is 2. The van der Waals surface area contributed by atoms with Crippen LogP contribution in [0.5, 0.6) is 5.75 Å². The van der Waals surface area contributed by atoms with Crippen LogP contribution in [0.15, 0.2) is 24.3 Å². The Kier molecular flexibility index (Phi) is 5.63. The second-order valence-electron chi connectivity index (χ2n) is 5.14. The monoisotopic (exact) mass is 306 g/mol. The first-order valence-corrected chi connectivity index (χ1v) is 7.51. The zero-order valence-corrected chi connectivity index (χ0v) is 13.0. The van der Waals surface area contributed by atoms with Crippen LogP contribution in [-0.4, -0.2) is 43.7 Å². The summed E-state index contributed by atoms with van der Waals surface area (Å²) in [7, 11) is 1.57. The third-order valence-electron chi connectivity index (χ3n) is 3.75. The van der Waals surface area contributed by atoms with Gasteiger partial charge in [-0.1, -0.05) is 12.1 Å². The molecule has 0 radical (unpaired) electrons. The molecule has 22 heavy (non-hydrogen) atoms. The van der Waals surface area contributed by atoms with Crippen molar-refractivity contribution in [3.63, 3.8) is 0 Å². The lowest BCUT2D eigenvalue weighted by Gasteiger charge is -2.31. The largest absolute Gasteiger partial charge is 0.495 e. The second-order valence-corrected chi connectivity index (χ2v) is 5.14. The lowest BCUT2D eigenvalue weighted by atomic mass is 9.97. The normalized spacial score (nSPS) is 15.3. The van der Waals surface area contributed by atoms with E-state index in [-0.39, 0.29) is 17.9 Å². The van der Waals surface area contributed by atoms with Crippen LogP contribution in [0.2, 0.25) is 0 Å². The van der Waals surface area contributed by atoms with Gasteiger partial charge in [0.25, 0.3) is 0 Å². The first-order chi connectivity index (χ1) is 10.7. The van der Waals surface area contributed by atoms with Gasteiger partial charge in [0.1, 0.15) is 5.75 Å². The van der Waals surface area contributed by atoms with Gasteiger partial charge in [-0.3, -0.25) is 4.79 Å². The highest BCUT2D eigenvalue weighted by Gasteiger charge is 2.28. The Morgan fingerprint density at radius 3 is 2.59 bits per heavy atom. The van der Waals surface area contributed by atoms with Crippen molar-refractivity contribution in [2.45, 2.75) is 19.8 Å². The molecule has 1 aliphatic heterocycles. The highest BCUT2D eigenvalue weighted by molar-refractivity contribution is 5.91. The highest BCUT2D eigenvalue weighted by Crippen LogP contribution is 2.24. The van der Waals surface area contributed by atoms with Gasteiger partial charge in [-0.15, -0.1) is 0 Å². The number of ether oxygens (including phenoxy) is 2. The fourth-order valence-electron chi connectivity index (χ4n) is 2.52. The first kappa shape index (κ1) is 16.1. The standard InChI is InChI=1S/C16H22N2O4/c1-3-22-15(19)12-8-10-18(11-9-12)16(20)17-13-6-4-5-7-14(13)21-2/h4-7,12H,3,8-11H2,1-2H3,(H,17,20). The van der Waals surface area contributed by atoms with Crippen LogP contribution in [0.3, 0.4) is 0 Å². The van der Waals surface area contributed by atoms with Crippen molar-refractivity contribution < 1.29 is 19.1 Å². The molecule has 1 N–H and O–H groups in total. The maximum atomic E-state index is 12.3. The second kappa shape index (κ2) is 7.68. The van der Waals surface area contributed by atoms with E-state index in [0.717, 1.165) is 0 Å². The Labute approximate surface area is 130 Å². The average Bonchev–Trinajstić information content (AvgIpc) is 2.55. The van der Waals surface area contributed by atoms with Gasteiger partial charge >= 0.3 is 12.0 Å². The minimum atomic E-state index is -0.174. The molecule has 0 unspecified atom stereocenters. The summed E-state index contributed by atoms with van der Waals surface area (Å²) in [5.41, 5.74) is 0.641. The molecule has 0 spiro atoms. The average molecular weight is 306 g/mol. The van der Waals surface area contributed by atoms with Gasteiger partial charge in [-0.25, -0.2) is 4.79 Å². The Bertz CT molecular complexity index is 525. The fourth-order valence-corrected chi connectivity index (χ4v) is 2.52. The molecule has 1 saturated heterocycles. The predicted octanol–water partition coefficient (Wildman–Crippen LogP) is 2.50. The number of nitrogens with one attached hydrogen (secondary N) is 1. The van der Waals surface area contributed by atoms with Crippen molar-refractivity contribution in [3.05, 3.63) is 24.3 Å². The summed E-state index contributed by atoms with van der Waals surface area (Å²) in [5, 5.41) is 2.85. The summed E-state index contributed by atoms with van der Waals surface area (Å²) in [6.07, 6.45) is 1.27. The molecule has 2 amide bonds. The number of esters is 1. The van der Waals surface area contributed by atoms with E-state index in [1.54, 1.807) is 31.1 Å². The summed E-state index contributed by atoms with van der Waals surface area (Å²) < 4.78 is 10.2. The zero-order valence-electron chi connectivity index (χ0n) is 13.0. The minimum absolute atomic E-state index is 0.102. The van der Waals surface area contributed by atoms with E-state index in [2.05, 4.69) is 5.32 Å². The molecule has 1 aliphatic rings. The molecular weight excluding hydrogens is 284 g/mol. The SMILES string of the molecule is CCOC(=O)C1CCN(C(=O)Nc2ccccc2OC)CC1. The first-order valence-electron chi connectivity index (χ1n) is 7.51. The molecule has 0 saturated carbocycles. The van der Waals surface area contributed by atoms with Crippen molar-refractivity contribution in [1.82, 2.24) is 4.90 Å². The number of carbonyl (C=O) groups excluding carboxylic acids is 2. The van der Waals surface area contributed by atoms with Crippen LogP contribution >= 0.6 is 0 Å². The molecule has 1 aromatic carbocycles. The van der Waals surface area contributed by atoms with Gasteiger partial charge in [0.05, 0.1) is 25.3 Å². The van der Waals surface area contributed by atoms with Crippen LogP contribution in [0, 0.1) is 5.92 Å². The quantitative estimate of drug-likeness (QED) is 0.868. The lowest BCUT2D eigenvalue weighted by Crippen LogP contribution is -2.42. The Balaban J connectivity index is 1.89. The van der Waals surface area contributed by atoms with E-state index in [0.29, 0.717) is 44.0 Å². The van der Waals surface area contributed by atoms with Crippen molar-refractivity contribution in [2.24, 2.45) is 5.92 Å². The van der Waals surface area contributed by atoms with Crippen LogP contribution in [0.4, 0.5) is 10.5 Å². The van der Waals surface area contributed by atoms with Crippen molar-refractivity contribution in [1.29, 1.82) is 0 Å². The van der Waals surface area contributed by atoms with Crippen LogP contribution < -0.4 is 10.1 Å². The molecule has 6 heteroatoms. The van der Waals surface area contributed by atoms with Crippen molar-refractivity contribution in [3.8, 4) is 5.75 Å². The summed E-state index contributed by atoms with van der Waals surface area (Å²) >= 11 is 0. The number of nitrogens with zero attached hydrogens (tertiary/aromatic N) is 1. The molecule has 1 aromatic rings. The predicted molar refractivity (Wildman–Crippen MR) is 82.9 cm³/mol. The molecule has 0 bridgehead atoms. The molecule has 0 aromatic heterocycles. The van der Waals surface area contributed by atoms with Crippen molar-refractivity contribution in [2.75, 3.05) is 32.1 Å². The maximum Gasteiger partial charge on any atom is 0.321 e. The van der Waals surface area contributed by atoms with Crippen LogP contribution in [0.25, 0.3) is 0 Å². The Morgan fingerprint density at radius 1 is 1.27 bits per heavy atom. The van der Waals surface area contributed by atoms with Gasteiger partial charge in [-0.05, 0) is 31.9 Å². The fraction of sp³-hybridized carbons (Fsp3) is 0.500. The van der Waals surface area contributed by atoms with Gasteiger partial charge in [0.15, 0.2) is 0 Å². The number of hydrogen-bond donors (Lipinski definition) is 1. The highest BCUT2D eigenvalue weighted by atomic mass is 16.5. The Hall–Kier alpha value is -2.24. The number of piperidine rings is 1. The van der Waals surface area contributed by atoms with Gasteiger partial charge in [0, 0.05) is 13.1 Å². The molecular formula is C16H22N2O4. The van der Waals surface area contributed by atoms with E-state index in [4.69, 9.17) is 9.47 Å². The number of urea groups is 1. The van der Waals surface area contributed by atoms with Crippen molar-refractivity contribution >= 4 is 17.7 Å². The molecule has 1 fully saturated rings. The third kappa shape index (κ3) is 3.90. The molecule has 6 nitrogen and oxygen atoms in total. The van der Waals surface area contributed by atoms with E-state index in [1.165, 1.54) is 0 Å². The molecule has 2 rings (SSSR count). The van der Waals surface area contributed by atoms with Gasteiger partial charge in [0.2, 0.25) is 0 Å². The number of amides is 2. The van der Waals surface area contributed by atoms with E-state index >= 15 is 0 Å². The number of methoxy groups -OCH3 is 1. The zero-order chi connectivity index (χ0) is 15.9.